The topological polar surface area (TPSA) is 88.4 Å². The van der Waals surface area contributed by atoms with Crippen molar-refractivity contribution in [3.8, 4) is 5.69 Å². The Morgan fingerprint density at radius 1 is 1.10 bits per heavy atom. The van der Waals surface area contributed by atoms with Crippen molar-refractivity contribution in [2.75, 3.05) is 21.1 Å². The van der Waals surface area contributed by atoms with Crippen LogP contribution in [0.5, 0.6) is 0 Å². The van der Waals surface area contributed by atoms with Gasteiger partial charge in [0.05, 0.1) is 16.8 Å². The molecule has 0 saturated heterocycles. The van der Waals surface area contributed by atoms with E-state index in [2.05, 4.69) is 10.1 Å². The number of aromatic nitrogens is 3. The lowest BCUT2D eigenvalue weighted by Crippen LogP contribution is -2.30. The maximum Gasteiger partial charge on any atom is 0.254 e. The summed E-state index contributed by atoms with van der Waals surface area (Å²) >= 11 is 6.08. The van der Waals surface area contributed by atoms with Gasteiger partial charge in [0.1, 0.15) is 17.6 Å². The van der Waals surface area contributed by atoms with E-state index in [1.165, 1.54) is 38.6 Å². The number of carbonyl (C=O) groups excluding carboxylic acids is 1. The van der Waals surface area contributed by atoms with Crippen molar-refractivity contribution in [2.24, 2.45) is 0 Å². The second kappa shape index (κ2) is 8.55. The van der Waals surface area contributed by atoms with E-state index in [-0.39, 0.29) is 27.4 Å². The van der Waals surface area contributed by atoms with Crippen LogP contribution in [-0.4, -0.2) is 59.4 Å². The van der Waals surface area contributed by atoms with Crippen LogP contribution in [0, 0.1) is 0 Å². The number of sulfonamides is 1. The van der Waals surface area contributed by atoms with Gasteiger partial charge in [0.2, 0.25) is 10.0 Å². The largest absolute Gasteiger partial charge is 0.335 e. The second-order valence-electron chi connectivity index (χ2n) is 6.96. The highest BCUT2D eigenvalue weighted by molar-refractivity contribution is 7.89. The molecule has 0 N–H and O–H groups in total. The third-order valence-electron chi connectivity index (χ3n) is 4.90. The zero-order chi connectivity index (χ0) is 22.1. The molecule has 0 saturated carbocycles. The fraction of sp³-hybridized carbons (Fsp3) is 0.250. The lowest BCUT2D eigenvalue weighted by Gasteiger charge is -2.26. The summed E-state index contributed by atoms with van der Waals surface area (Å²) in [4.78, 5) is 18.4. The molecule has 0 bridgehead atoms. The molecular formula is C20H22ClN5O3S. The van der Waals surface area contributed by atoms with Crippen LogP contribution in [0.3, 0.4) is 0 Å². The predicted octanol–water partition coefficient (Wildman–Crippen LogP) is 3.00. The fourth-order valence-corrected chi connectivity index (χ4v) is 4.27. The number of rotatable bonds is 6. The number of hydrogen-bond acceptors (Lipinski definition) is 5. The lowest BCUT2D eigenvalue weighted by molar-refractivity contribution is 0.0742. The summed E-state index contributed by atoms with van der Waals surface area (Å²) < 4.78 is 27.7. The molecule has 3 rings (SSSR count). The predicted molar refractivity (Wildman–Crippen MR) is 114 cm³/mol. The van der Waals surface area contributed by atoms with Crippen LogP contribution in [-0.2, 0) is 10.0 Å². The number of amides is 1. The normalized spacial score (nSPS) is 12.7. The van der Waals surface area contributed by atoms with Gasteiger partial charge in [-0.3, -0.25) is 4.79 Å². The molecule has 1 atom stereocenters. The van der Waals surface area contributed by atoms with Crippen molar-refractivity contribution in [3.63, 3.8) is 0 Å². The van der Waals surface area contributed by atoms with E-state index in [0.717, 1.165) is 15.6 Å². The molecule has 1 unspecified atom stereocenters. The summed E-state index contributed by atoms with van der Waals surface area (Å²) in [7, 11) is 0.731. The van der Waals surface area contributed by atoms with Gasteiger partial charge in [-0.2, -0.15) is 5.10 Å². The van der Waals surface area contributed by atoms with Gasteiger partial charge in [-0.1, -0.05) is 23.7 Å². The number of hydrogen-bond donors (Lipinski definition) is 0. The van der Waals surface area contributed by atoms with Crippen molar-refractivity contribution in [2.45, 2.75) is 17.9 Å². The van der Waals surface area contributed by atoms with Gasteiger partial charge in [-0.25, -0.2) is 22.4 Å². The van der Waals surface area contributed by atoms with E-state index >= 15 is 0 Å². The quantitative estimate of drug-likeness (QED) is 0.579. The third kappa shape index (κ3) is 4.23. The van der Waals surface area contributed by atoms with Crippen LogP contribution in [0.1, 0.15) is 28.9 Å². The molecule has 158 valence electrons. The zero-order valence-electron chi connectivity index (χ0n) is 17.0. The van der Waals surface area contributed by atoms with Gasteiger partial charge in [0.15, 0.2) is 0 Å². The first-order valence-corrected chi connectivity index (χ1v) is 10.9. The SMILES string of the molecule is CC(c1ccc(-n2cncn2)cc1)N(C)C(=O)c1ccc(Cl)c(S(=O)(=O)N(C)C)c1. The first-order chi connectivity index (χ1) is 14.1. The zero-order valence-corrected chi connectivity index (χ0v) is 18.6. The first kappa shape index (κ1) is 21.9. The molecule has 10 heteroatoms. The van der Waals surface area contributed by atoms with Crippen LogP contribution in [0.4, 0.5) is 0 Å². The maximum absolute atomic E-state index is 13.0. The van der Waals surface area contributed by atoms with E-state index in [4.69, 9.17) is 11.6 Å². The first-order valence-electron chi connectivity index (χ1n) is 9.07. The number of nitrogens with zero attached hydrogens (tertiary/aromatic N) is 5. The molecule has 1 amide bonds. The maximum atomic E-state index is 13.0. The molecule has 0 aliphatic carbocycles. The van der Waals surface area contributed by atoms with Crippen molar-refractivity contribution >= 4 is 27.5 Å². The molecule has 0 spiro atoms. The van der Waals surface area contributed by atoms with Crippen LogP contribution in [0.15, 0.2) is 60.0 Å². The summed E-state index contributed by atoms with van der Waals surface area (Å²) in [6.07, 6.45) is 3.06. The molecule has 0 aliphatic heterocycles. The Labute approximate surface area is 180 Å². The van der Waals surface area contributed by atoms with Crippen molar-refractivity contribution in [1.29, 1.82) is 0 Å². The lowest BCUT2D eigenvalue weighted by atomic mass is 10.1. The smallest absolute Gasteiger partial charge is 0.254 e. The summed E-state index contributed by atoms with van der Waals surface area (Å²) in [6.45, 7) is 1.90. The van der Waals surface area contributed by atoms with Gasteiger partial charge in [0, 0.05) is 26.7 Å². The molecule has 8 nitrogen and oxygen atoms in total. The van der Waals surface area contributed by atoms with Gasteiger partial charge < -0.3 is 4.90 Å². The number of halogens is 1. The molecule has 30 heavy (non-hydrogen) atoms. The molecular weight excluding hydrogens is 426 g/mol. The standard InChI is InChI=1S/C20H22ClN5O3S/c1-14(15-5-8-17(9-6-15)26-13-22-12-23-26)25(4)20(27)16-7-10-18(21)19(11-16)30(28,29)24(2)3/h5-14H,1-4H3. The highest BCUT2D eigenvalue weighted by Gasteiger charge is 2.25. The van der Waals surface area contributed by atoms with Crippen LogP contribution < -0.4 is 0 Å². The molecule has 1 heterocycles. The minimum Gasteiger partial charge on any atom is -0.335 e. The monoisotopic (exact) mass is 447 g/mol. The van der Waals surface area contributed by atoms with Crippen molar-refractivity contribution in [1.82, 2.24) is 24.0 Å². The molecule has 3 aromatic rings. The van der Waals surface area contributed by atoms with E-state index < -0.39 is 10.0 Å². The fourth-order valence-electron chi connectivity index (χ4n) is 2.88. The molecule has 0 radical (unpaired) electrons. The van der Waals surface area contributed by atoms with Crippen LogP contribution in [0.25, 0.3) is 5.69 Å². The molecule has 2 aromatic carbocycles. The molecule has 0 aliphatic rings. The van der Waals surface area contributed by atoms with E-state index in [1.54, 1.807) is 23.0 Å². The van der Waals surface area contributed by atoms with E-state index in [9.17, 15) is 13.2 Å². The molecule has 0 fully saturated rings. The Bertz CT molecular complexity index is 1150. The summed E-state index contributed by atoms with van der Waals surface area (Å²) in [5.74, 6) is -0.310. The second-order valence-corrected chi connectivity index (χ2v) is 9.48. The molecule has 1 aromatic heterocycles. The summed E-state index contributed by atoms with van der Waals surface area (Å²) in [5.41, 5.74) is 2.02. The highest BCUT2D eigenvalue weighted by Crippen LogP contribution is 2.27. The minimum absolute atomic E-state index is 0.0691. The Morgan fingerprint density at radius 2 is 1.77 bits per heavy atom. The van der Waals surface area contributed by atoms with Gasteiger partial charge in [-0.15, -0.1) is 0 Å². The Kier molecular flexibility index (Phi) is 6.25. The Balaban J connectivity index is 1.85. The average molecular weight is 448 g/mol. The summed E-state index contributed by atoms with van der Waals surface area (Å²) in [6, 6.07) is 11.6. The van der Waals surface area contributed by atoms with E-state index in [0.29, 0.717) is 0 Å². The van der Waals surface area contributed by atoms with Gasteiger partial charge >= 0.3 is 0 Å². The summed E-state index contributed by atoms with van der Waals surface area (Å²) in [5, 5.41) is 4.16. The number of carbonyl (C=O) groups is 1. The minimum atomic E-state index is -3.77. The van der Waals surface area contributed by atoms with Crippen LogP contribution in [0.2, 0.25) is 5.02 Å². The Morgan fingerprint density at radius 3 is 2.33 bits per heavy atom. The highest BCUT2D eigenvalue weighted by atomic mass is 35.5. The van der Waals surface area contributed by atoms with E-state index in [1.807, 2.05) is 31.2 Å². The van der Waals surface area contributed by atoms with Gasteiger partial charge in [-0.05, 0) is 42.8 Å². The number of benzene rings is 2. The van der Waals surface area contributed by atoms with Crippen molar-refractivity contribution in [3.05, 3.63) is 71.3 Å². The third-order valence-corrected chi connectivity index (χ3v) is 7.19. The van der Waals surface area contributed by atoms with Gasteiger partial charge in [0.25, 0.3) is 5.91 Å². The van der Waals surface area contributed by atoms with Crippen LogP contribution >= 0.6 is 11.6 Å². The Hall–Kier alpha value is -2.75. The average Bonchev–Trinajstić information content (AvgIpc) is 3.27. The van der Waals surface area contributed by atoms with Crippen molar-refractivity contribution < 1.29 is 13.2 Å².